The number of sulfonamides is 1. The van der Waals surface area contributed by atoms with Crippen LogP contribution in [0.1, 0.15) is 10.4 Å². The minimum absolute atomic E-state index is 0.123. The van der Waals surface area contributed by atoms with Gasteiger partial charge in [0.15, 0.2) is 5.82 Å². The number of hydrogen-bond donors (Lipinski definition) is 1. The standard InChI is InChI=1S/C21H20N4O4S/c26-21(17-14-22-20(23-15-17)16-5-2-1-3-6-16)24-18-7-4-8-19(13-18)30(27,28)25-9-11-29-12-10-25/h1-8,13-15H,9-12H2,(H,24,26). The van der Waals surface area contributed by atoms with E-state index in [0.29, 0.717) is 37.8 Å². The van der Waals surface area contributed by atoms with Crippen molar-refractivity contribution in [2.24, 2.45) is 0 Å². The third-order valence-electron chi connectivity index (χ3n) is 4.65. The minimum atomic E-state index is -3.64. The second-order valence-electron chi connectivity index (χ2n) is 6.66. The summed E-state index contributed by atoms with van der Waals surface area (Å²) in [5.74, 6) is 0.0984. The fourth-order valence-corrected chi connectivity index (χ4v) is 4.51. The molecule has 30 heavy (non-hydrogen) atoms. The number of morpholine rings is 1. The van der Waals surface area contributed by atoms with Crippen molar-refractivity contribution in [1.82, 2.24) is 14.3 Å². The van der Waals surface area contributed by atoms with Crippen LogP contribution in [0.15, 0.2) is 71.9 Å². The molecule has 0 bridgehead atoms. The summed E-state index contributed by atoms with van der Waals surface area (Å²) in [4.78, 5) is 21.2. The van der Waals surface area contributed by atoms with Crippen molar-refractivity contribution in [2.45, 2.75) is 4.90 Å². The SMILES string of the molecule is O=C(Nc1cccc(S(=O)(=O)N2CCOCC2)c1)c1cnc(-c2ccccc2)nc1. The predicted molar refractivity (Wildman–Crippen MR) is 111 cm³/mol. The van der Waals surface area contributed by atoms with Gasteiger partial charge in [-0.3, -0.25) is 4.79 Å². The molecule has 1 N–H and O–H groups in total. The lowest BCUT2D eigenvalue weighted by atomic mass is 10.2. The molecule has 0 radical (unpaired) electrons. The van der Waals surface area contributed by atoms with E-state index >= 15 is 0 Å². The molecule has 2 aromatic carbocycles. The number of carbonyl (C=O) groups excluding carboxylic acids is 1. The second-order valence-corrected chi connectivity index (χ2v) is 8.60. The van der Waals surface area contributed by atoms with Crippen LogP contribution in [0.4, 0.5) is 5.69 Å². The van der Waals surface area contributed by atoms with Crippen LogP contribution in [-0.2, 0) is 14.8 Å². The first-order valence-corrected chi connectivity index (χ1v) is 10.8. The Labute approximate surface area is 174 Å². The zero-order valence-corrected chi connectivity index (χ0v) is 16.9. The molecule has 0 aliphatic carbocycles. The summed E-state index contributed by atoms with van der Waals surface area (Å²) in [5, 5.41) is 2.71. The lowest BCUT2D eigenvalue weighted by molar-refractivity contribution is 0.0730. The van der Waals surface area contributed by atoms with Gasteiger partial charge in [0.25, 0.3) is 5.91 Å². The van der Waals surface area contributed by atoms with E-state index in [9.17, 15) is 13.2 Å². The van der Waals surface area contributed by atoms with Crippen molar-refractivity contribution < 1.29 is 17.9 Å². The van der Waals surface area contributed by atoms with E-state index in [1.54, 1.807) is 12.1 Å². The van der Waals surface area contributed by atoms with Crippen LogP contribution in [0.25, 0.3) is 11.4 Å². The van der Waals surface area contributed by atoms with E-state index in [4.69, 9.17) is 4.74 Å². The normalized spacial score (nSPS) is 14.9. The van der Waals surface area contributed by atoms with Crippen LogP contribution in [0.5, 0.6) is 0 Å². The molecule has 8 nitrogen and oxygen atoms in total. The van der Waals surface area contributed by atoms with E-state index in [1.165, 1.54) is 28.8 Å². The van der Waals surface area contributed by atoms with E-state index < -0.39 is 15.9 Å². The second kappa shape index (κ2) is 8.70. The number of aromatic nitrogens is 2. The number of rotatable bonds is 5. The largest absolute Gasteiger partial charge is 0.379 e. The third-order valence-corrected chi connectivity index (χ3v) is 6.54. The average molecular weight is 424 g/mol. The molecule has 154 valence electrons. The highest BCUT2D eigenvalue weighted by Crippen LogP contribution is 2.21. The zero-order valence-electron chi connectivity index (χ0n) is 16.1. The first-order valence-electron chi connectivity index (χ1n) is 9.41. The molecule has 0 atom stereocenters. The number of nitrogens with one attached hydrogen (secondary N) is 1. The van der Waals surface area contributed by atoms with Crippen LogP contribution in [0.3, 0.4) is 0 Å². The highest BCUT2D eigenvalue weighted by Gasteiger charge is 2.26. The molecule has 1 aliphatic rings. The molecule has 2 heterocycles. The number of hydrogen-bond acceptors (Lipinski definition) is 6. The summed E-state index contributed by atoms with van der Waals surface area (Å²) >= 11 is 0. The molecule has 0 saturated carbocycles. The van der Waals surface area contributed by atoms with E-state index in [1.807, 2.05) is 30.3 Å². The van der Waals surface area contributed by atoms with E-state index in [-0.39, 0.29) is 10.5 Å². The van der Waals surface area contributed by atoms with Gasteiger partial charge in [-0.15, -0.1) is 0 Å². The zero-order chi connectivity index (χ0) is 21.0. The molecular weight excluding hydrogens is 404 g/mol. The van der Waals surface area contributed by atoms with Gasteiger partial charge < -0.3 is 10.1 Å². The average Bonchev–Trinajstić information content (AvgIpc) is 2.80. The van der Waals surface area contributed by atoms with Crippen LogP contribution < -0.4 is 5.32 Å². The van der Waals surface area contributed by atoms with Gasteiger partial charge in [0.05, 0.1) is 23.7 Å². The van der Waals surface area contributed by atoms with E-state index in [2.05, 4.69) is 15.3 Å². The first-order chi connectivity index (χ1) is 14.5. The van der Waals surface area contributed by atoms with Gasteiger partial charge >= 0.3 is 0 Å². The molecule has 1 aromatic heterocycles. The van der Waals surface area contributed by atoms with Crippen LogP contribution >= 0.6 is 0 Å². The Morgan fingerprint density at radius 2 is 1.67 bits per heavy atom. The van der Waals surface area contributed by atoms with Gasteiger partial charge in [-0.25, -0.2) is 18.4 Å². The van der Waals surface area contributed by atoms with Gasteiger partial charge in [-0.05, 0) is 18.2 Å². The molecular formula is C21H20N4O4S. The lowest BCUT2D eigenvalue weighted by Gasteiger charge is -2.26. The monoisotopic (exact) mass is 424 g/mol. The van der Waals surface area contributed by atoms with E-state index in [0.717, 1.165) is 5.56 Å². The fourth-order valence-electron chi connectivity index (χ4n) is 3.06. The fraction of sp³-hybridized carbons (Fsp3) is 0.190. The van der Waals surface area contributed by atoms with Crippen LogP contribution in [0.2, 0.25) is 0 Å². The van der Waals surface area contributed by atoms with Crippen LogP contribution in [-0.4, -0.2) is 54.9 Å². The summed E-state index contributed by atoms with van der Waals surface area (Å²) in [6, 6.07) is 15.6. The summed E-state index contributed by atoms with van der Waals surface area (Å²) < 4.78 is 32.2. The van der Waals surface area contributed by atoms with Crippen molar-refractivity contribution in [3.8, 4) is 11.4 Å². The Balaban J connectivity index is 1.49. The van der Waals surface area contributed by atoms with Gasteiger partial charge in [0.1, 0.15) is 0 Å². The summed E-state index contributed by atoms with van der Waals surface area (Å²) in [6.45, 7) is 1.36. The molecule has 1 saturated heterocycles. The Kier molecular flexibility index (Phi) is 5.84. The van der Waals surface area contributed by atoms with Crippen LogP contribution in [0, 0.1) is 0 Å². The van der Waals surface area contributed by atoms with Crippen molar-refractivity contribution in [2.75, 3.05) is 31.6 Å². The molecule has 0 unspecified atom stereocenters. The predicted octanol–water partition coefficient (Wildman–Crippen LogP) is 2.42. The number of ether oxygens (including phenoxy) is 1. The molecule has 1 aliphatic heterocycles. The number of benzene rings is 2. The lowest BCUT2D eigenvalue weighted by Crippen LogP contribution is -2.40. The molecule has 4 rings (SSSR count). The third kappa shape index (κ3) is 4.38. The molecule has 1 fully saturated rings. The highest BCUT2D eigenvalue weighted by atomic mass is 32.2. The van der Waals surface area contributed by atoms with Gasteiger partial charge in [0.2, 0.25) is 10.0 Å². The Morgan fingerprint density at radius 1 is 0.967 bits per heavy atom. The van der Waals surface area contributed by atoms with Gasteiger partial charge in [-0.2, -0.15) is 4.31 Å². The molecule has 0 spiro atoms. The van der Waals surface area contributed by atoms with Gasteiger partial charge in [-0.1, -0.05) is 36.4 Å². The molecule has 1 amide bonds. The van der Waals surface area contributed by atoms with Gasteiger partial charge in [0, 0.05) is 36.7 Å². The Morgan fingerprint density at radius 3 is 2.37 bits per heavy atom. The summed E-state index contributed by atoms with van der Waals surface area (Å²) in [6.07, 6.45) is 2.89. The van der Waals surface area contributed by atoms with Crippen molar-refractivity contribution in [3.63, 3.8) is 0 Å². The maximum atomic E-state index is 12.8. The number of carbonyl (C=O) groups is 1. The number of amides is 1. The molecule has 3 aromatic rings. The minimum Gasteiger partial charge on any atom is -0.379 e. The Bertz CT molecular complexity index is 1130. The first kappa shape index (κ1) is 20.1. The quantitative estimate of drug-likeness (QED) is 0.675. The van der Waals surface area contributed by atoms with Crippen molar-refractivity contribution >= 4 is 21.6 Å². The summed E-state index contributed by atoms with van der Waals surface area (Å²) in [5.41, 5.74) is 1.50. The van der Waals surface area contributed by atoms with Crippen molar-refractivity contribution in [3.05, 3.63) is 72.6 Å². The smallest absolute Gasteiger partial charge is 0.258 e. The van der Waals surface area contributed by atoms with Crippen molar-refractivity contribution in [1.29, 1.82) is 0 Å². The number of nitrogens with zero attached hydrogens (tertiary/aromatic N) is 3. The summed E-state index contributed by atoms with van der Waals surface area (Å²) in [7, 11) is -3.64. The maximum absolute atomic E-state index is 12.8. The number of anilines is 1. The highest BCUT2D eigenvalue weighted by molar-refractivity contribution is 7.89. The Hall–Kier alpha value is -3.14. The molecule has 9 heteroatoms. The topological polar surface area (TPSA) is 101 Å². The maximum Gasteiger partial charge on any atom is 0.258 e.